The van der Waals surface area contributed by atoms with Gasteiger partial charge >= 0.3 is 25.9 Å². The number of rotatable bonds is 8. The molecule has 46 heavy (non-hydrogen) atoms. The highest BCUT2D eigenvalue weighted by Gasteiger charge is 2.26. The first-order chi connectivity index (χ1) is 21.9. The zero-order chi connectivity index (χ0) is 32.7. The van der Waals surface area contributed by atoms with Crippen molar-refractivity contribution in [1.29, 1.82) is 5.39 Å². The van der Waals surface area contributed by atoms with E-state index in [1.165, 1.54) is 48.5 Å². The third-order valence-electron chi connectivity index (χ3n) is 7.91. The minimum Gasteiger partial charge on any atom is -0.867 e. The fourth-order valence-corrected chi connectivity index (χ4v) is 7.67. The van der Waals surface area contributed by atoms with Crippen LogP contribution in [0.3, 0.4) is 0 Å². The second-order valence-corrected chi connectivity index (χ2v) is 14.1. The Hall–Kier alpha value is -5.44. The lowest BCUT2D eigenvalue weighted by Gasteiger charge is -2.26. The molecule has 0 atom stereocenters. The van der Waals surface area contributed by atoms with E-state index in [-0.39, 0.29) is 37.7 Å². The molecule has 9 nitrogen and oxygen atoms in total. The van der Waals surface area contributed by atoms with Crippen molar-refractivity contribution < 1.29 is 30.3 Å². The Labute approximate surface area is 266 Å². The summed E-state index contributed by atoms with van der Waals surface area (Å²) in [6.45, 7) is 3.96. The summed E-state index contributed by atoms with van der Waals surface area (Å²) in [5.74, 6) is -0.362. The molecule has 0 aromatic heterocycles. The van der Waals surface area contributed by atoms with E-state index in [2.05, 4.69) is 4.98 Å². The third-order valence-corrected chi connectivity index (χ3v) is 10.5. The highest BCUT2D eigenvalue weighted by Crippen LogP contribution is 2.37. The average Bonchev–Trinajstić information content (AvgIpc) is 3.04. The lowest BCUT2D eigenvalue weighted by Crippen LogP contribution is -2.19. The zero-order valence-corrected chi connectivity index (χ0v) is 26.2. The molecule has 0 radical (unpaired) electrons. The lowest BCUT2D eigenvalue weighted by molar-refractivity contribution is -0.264. The molecule has 6 aromatic carbocycles. The molecule has 0 saturated heterocycles. The molecule has 0 aliphatic rings. The molecule has 0 saturated carbocycles. The first-order valence-electron chi connectivity index (χ1n) is 14.1. The molecular weight excluding hydrogens is 625 g/mol. The molecular formula is C35H26N2O7S2. The molecule has 0 bridgehead atoms. The molecule has 0 fully saturated rings. The molecule has 230 valence electrons. The van der Waals surface area contributed by atoms with Crippen molar-refractivity contribution in [2.45, 2.75) is 29.1 Å². The maximum atomic E-state index is 13.2. The first kappa shape index (κ1) is 30.6. The van der Waals surface area contributed by atoms with Gasteiger partial charge < -0.3 is 13.5 Å². The second-order valence-electron chi connectivity index (χ2n) is 11.1. The minimum absolute atomic E-state index is 0.0725. The number of benzene rings is 6. The van der Waals surface area contributed by atoms with E-state index < -0.39 is 31.4 Å². The van der Waals surface area contributed by atoms with Gasteiger partial charge in [0.25, 0.3) is 0 Å². The van der Waals surface area contributed by atoms with E-state index in [1.54, 1.807) is 54.6 Å². The van der Waals surface area contributed by atoms with Crippen molar-refractivity contribution in [2.75, 3.05) is 0 Å². The van der Waals surface area contributed by atoms with Crippen molar-refractivity contribution in [3.8, 4) is 17.2 Å². The number of hydrogen-bond donors (Lipinski definition) is 0. The monoisotopic (exact) mass is 650 g/mol. The van der Waals surface area contributed by atoms with Gasteiger partial charge in [-0.3, -0.25) is 0 Å². The quantitative estimate of drug-likeness (QED) is 0.123. The van der Waals surface area contributed by atoms with Crippen molar-refractivity contribution in [2.24, 2.45) is 0 Å². The van der Waals surface area contributed by atoms with Gasteiger partial charge in [-0.15, -0.1) is 0 Å². The van der Waals surface area contributed by atoms with Crippen LogP contribution in [0.25, 0.3) is 26.5 Å². The molecule has 0 heterocycles. The fourth-order valence-electron chi connectivity index (χ4n) is 5.36. The van der Waals surface area contributed by atoms with Crippen LogP contribution in [0.1, 0.15) is 25.0 Å². The predicted molar refractivity (Wildman–Crippen MR) is 173 cm³/mol. The van der Waals surface area contributed by atoms with Crippen LogP contribution in [0, 0.1) is 5.39 Å². The van der Waals surface area contributed by atoms with E-state index in [0.29, 0.717) is 5.39 Å². The van der Waals surface area contributed by atoms with Gasteiger partial charge in [0.15, 0.2) is 4.98 Å². The van der Waals surface area contributed by atoms with Crippen LogP contribution >= 0.6 is 0 Å². The molecule has 0 amide bonds. The van der Waals surface area contributed by atoms with E-state index in [0.717, 1.165) is 16.5 Å². The van der Waals surface area contributed by atoms with E-state index in [1.807, 2.05) is 32.0 Å². The third kappa shape index (κ3) is 5.60. The van der Waals surface area contributed by atoms with Gasteiger partial charge in [0.1, 0.15) is 21.3 Å². The van der Waals surface area contributed by atoms with E-state index in [9.17, 15) is 21.9 Å². The Morgan fingerprint density at radius 3 is 1.63 bits per heavy atom. The summed E-state index contributed by atoms with van der Waals surface area (Å²) in [7, 11) is -8.41. The van der Waals surface area contributed by atoms with Gasteiger partial charge in [-0.05, 0) is 70.1 Å². The van der Waals surface area contributed by atoms with Crippen LogP contribution in [-0.2, 0) is 25.7 Å². The predicted octanol–water partition coefficient (Wildman–Crippen LogP) is 7.41. The summed E-state index contributed by atoms with van der Waals surface area (Å²) < 4.78 is 63.6. The van der Waals surface area contributed by atoms with Crippen LogP contribution in [0.5, 0.6) is 17.2 Å². The molecule has 6 aromatic rings. The maximum Gasteiger partial charge on any atom is 0.378 e. The van der Waals surface area contributed by atoms with Crippen LogP contribution < -0.4 is 13.5 Å². The van der Waals surface area contributed by atoms with Gasteiger partial charge in [-0.2, -0.15) is 16.8 Å². The summed E-state index contributed by atoms with van der Waals surface area (Å²) in [6.07, 6.45) is 0. The van der Waals surface area contributed by atoms with Gasteiger partial charge in [0.05, 0.1) is 0 Å². The zero-order valence-electron chi connectivity index (χ0n) is 24.6. The molecule has 0 N–H and O–H groups in total. The smallest absolute Gasteiger partial charge is 0.378 e. The Morgan fingerprint density at radius 1 is 0.587 bits per heavy atom. The molecule has 6 rings (SSSR count). The SMILES string of the molecule is CC(C)(c1ccc(OS(=O)(=O)c2cccc3ccccc23)cc1)c1ccc(OS(=O)(=O)c2cccc3c([O-])c([N+]#N)ccc23)cc1. The largest absolute Gasteiger partial charge is 0.867 e. The minimum atomic E-state index is -4.32. The van der Waals surface area contributed by atoms with E-state index in [4.69, 9.17) is 13.8 Å². The Morgan fingerprint density at radius 2 is 1.07 bits per heavy atom. The molecule has 0 aliphatic carbocycles. The maximum absolute atomic E-state index is 13.2. The fraction of sp³-hybridized carbons (Fsp3) is 0.0857. The highest BCUT2D eigenvalue weighted by molar-refractivity contribution is 7.87. The summed E-state index contributed by atoms with van der Waals surface area (Å²) in [4.78, 5) is 2.84. The van der Waals surface area contributed by atoms with Crippen molar-refractivity contribution >= 4 is 47.5 Å². The van der Waals surface area contributed by atoms with Crippen molar-refractivity contribution in [1.82, 2.24) is 0 Å². The van der Waals surface area contributed by atoms with Gasteiger partial charge in [0.2, 0.25) is 5.39 Å². The molecule has 0 aliphatic heterocycles. The topological polar surface area (TPSA) is 138 Å². The molecule has 0 unspecified atom stereocenters. The average molecular weight is 651 g/mol. The molecule has 11 heteroatoms. The van der Waals surface area contributed by atoms with Crippen LogP contribution in [-0.4, -0.2) is 16.8 Å². The summed E-state index contributed by atoms with van der Waals surface area (Å²) in [5.41, 5.74) is 0.951. The standard InChI is InChI=1S/C35H26N2O7S2/c1-35(2,24-13-17-26(18-14-24)43-45(39,40)32-11-5-8-23-7-3-4-9-28(23)32)25-15-19-27(20-16-25)44-46(41,42)33-12-6-10-30-29(33)21-22-31(37-36)34(30)38/h3-22H,1-2H3. The number of hydrogen-bond acceptors (Lipinski definition) is 8. The Kier molecular flexibility index (Phi) is 7.64. The lowest BCUT2D eigenvalue weighted by atomic mass is 9.78. The van der Waals surface area contributed by atoms with Gasteiger partial charge in [-0.1, -0.05) is 86.6 Å². The molecule has 0 spiro atoms. The van der Waals surface area contributed by atoms with Crippen LogP contribution in [0.15, 0.2) is 131 Å². The van der Waals surface area contributed by atoms with Crippen molar-refractivity contribution in [3.63, 3.8) is 0 Å². The van der Waals surface area contributed by atoms with Crippen molar-refractivity contribution in [3.05, 3.63) is 137 Å². The number of nitrogens with zero attached hydrogens (tertiary/aromatic N) is 2. The van der Waals surface area contributed by atoms with Gasteiger partial charge in [0, 0.05) is 22.3 Å². The summed E-state index contributed by atoms with van der Waals surface area (Å²) >= 11 is 0. The number of diazo groups is 1. The Bertz CT molecular complexity index is 2380. The summed E-state index contributed by atoms with van der Waals surface area (Å²) in [6, 6.07) is 32.4. The van der Waals surface area contributed by atoms with Crippen LogP contribution in [0.4, 0.5) is 5.69 Å². The summed E-state index contributed by atoms with van der Waals surface area (Å²) in [5, 5.41) is 23.1. The van der Waals surface area contributed by atoms with Gasteiger partial charge in [-0.25, -0.2) is 0 Å². The van der Waals surface area contributed by atoms with Crippen LogP contribution in [0.2, 0.25) is 0 Å². The Balaban J connectivity index is 1.20. The first-order valence-corrected chi connectivity index (χ1v) is 16.9. The number of fused-ring (bicyclic) bond motifs is 2. The highest BCUT2D eigenvalue weighted by atomic mass is 32.2. The van der Waals surface area contributed by atoms with E-state index >= 15 is 0 Å². The second kappa shape index (κ2) is 11.5. The normalized spacial score (nSPS) is 12.1.